The Kier molecular flexibility index (Phi) is 5.47. The molecule has 0 atom stereocenters. The van der Waals surface area contributed by atoms with Crippen LogP contribution in [0.25, 0.3) is 10.8 Å². The van der Waals surface area contributed by atoms with Gasteiger partial charge in [-0.25, -0.2) is 8.42 Å². The van der Waals surface area contributed by atoms with Gasteiger partial charge in [-0.15, -0.1) is 5.10 Å². The van der Waals surface area contributed by atoms with E-state index in [1.807, 2.05) is 36.4 Å². The summed E-state index contributed by atoms with van der Waals surface area (Å²) in [6, 6.07) is 15.1. The van der Waals surface area contributed by atoms with Crippen LogP contribution >= 0.6 is 0 Å². The van der Waals surface area contributed by atoms with Gasteiger partial charge < -0.3 is 14.5 Å². The molecule has 0 radical (unpaired) electrons. The lowest BCUT2D eigenvalue weighted by Gasteiger charge is -2.35. The first-order valence-electron chi connectivity index (χ1n) is 10.5. The Morgan fingerprint density at radius 1 is 0.839 bits per heavy atom. The van der Waals surface area contributed by atoms with Gasteiger partial charge in [-0.05, 0) is 11.5 Å². The summed E-state index contributed by atoms with van der Waals surface area (Å²) in [5.41, 5.74) is 0.971. The minimum absolute atomic E-state index is 0.374. The molecule has 9 heteroatoms. The first kappa shape index (κ1) is 20.2. The maximum Gasteiger partial charge on any atom is 0.243 e. The Bertz CT molecular complexity index is 1170. The molecule has 3 aromatic rings. The summed E-state index contributed by atoms with van der Waals surface area (Å²) < 4.78 is 33.7. The zero-order valence-electron chi connectivity index (χ0n) is 17.2. The summed E-state index contributed by atoms with van der Waals surface area (Å²) in [5, 5.41) is 10.1. The fourth-order valence-corrected chi connectivity index (χ4v) is 5.85. The summed E-state index contributed by atoms with van der Waals surface area (Å²) in [6.45, 7) is 5.07. The van der Waals surface area contributed by atoms with Crippen LogP contribution < -0.4 is 9.80 Å². The molecule has 162 valence electrons. The fourth-order valence-electron chi connectivity index (χ4n) is 4.21. The number of morpholine rings is 1. The SMILES string of the molecule is O=S(=O)(c1cccc2ccccc12)N1CCN(c2cnnc(N3CCOCC3)c2)CC1. The maximum atomic E-state index is 13.4. The molecule has 0 N–H and O–H groups in total. The molecule has 8 nitrogen and oxygen atoms in total. The number of aromatic nitrogens is 2. The van der Waals surface area contributed by atoms with Crippen molar-refractivity contribution in [3.05, 3.63) is 54.7 Å². The van der Waals surface area contributed by atoms with E-state index in [9.17, 15) is 8.42 Å². The second-order valence-electron chi connectivity index (χ2n) is 7.74. The Hall–Kier alpha value is -2.75. The van der Waals surface area contributed by atoms with Crippen LogP contribution in [0.2, 0.25) is 0 Å². The van der Waals surface area contributed by atoms with Crippen LogP contribution in [0.3, 0.4) is 0 Å². The monoisotopic (exact) mass is 439 g/mol. The highest BCUT2D eigenvalue weighted by Gasteiger charge is 2.30. The van der Waals surface area contributed by atoms with Gasteiger partial charge in [0.15, 0.2) is 5.82 Å². The van der Waals surface area contributed by atoms with Crippen molar-refractivity contribution >= 4 is 32.3 Å². The van der Waals surface area contributed by atoms with E-state index in [2.05, 4.69) is 20.0 Å². The van der Waals surface area contributed by atoms with Crippen LogP contribution in [-0.4, -0.2) is 75.4 Å². The van der Waals surface area contributed by atoms with E-state index in [1.54, 1.807) is 22.6 Å². The number of fused-ring (bicyclic) bond motifs is 1. The second kappa shape index (κ2) is 8.41. The number of rotatable bonds is 4. The summed E-state index contributed by atoms with van der Waals surface area (Å²) in [4.78, 5) is 4.72. The van der Waals surface area contributed by atoms with Gasteiger partial charge in [0.1, 0.15) is 0 Å². The first-order valence-corrected chi connectivity index (χ1v) is 12.0. The highest BCUT2D eigenvalue weighted by molar-refractivity contribution is 7.89. The van der Waals surface area contributed by atoms with E-state index >= 15 is 0 Å². The van der Waals surface area contributed by atoms with E-state index in [-0.39, 0.29) is 0 Å². The van der Waals surface area contributed by atoms with Crippen molar-refractivity contribution in [1.29, 1.82) is 0 Å². The summed E-state index contributed by atoms with van der Waals surface area (Å²) in [6.07, 6.45) is 1.75. The van der Waals surface area contributed by atoms with Crippen molar-refractivity contribution in [2.24, 2.45) is 0 Å². The highest BCUT2D eigenvalue weighted by atomic mass is 32.2. The van der Waals surface area contributed by atoms with E-state index in [0.29, 0.717) is 44.3 Å². The van der Waals surface area contributed by atoms with Crippen LogP contribution in [0, 0.1) is 0 Å². The van der Waals surface area contributed by atoms with Crippen molar-refractivity contribution in [3.8, 4) is 0 Å². The first-order chi connectivity index (χ1) is 15.1. The third kappa shape index (κ3) is 3.96. The minimum atomic E-state index is -3.56. The lowest BCUT2D eigenvalue weighted by atomic mass is 10.1. The Morgan fingerprint density at radius 3 is 2.39 bits per heavy atom. The lowest BCUT2D eigenvalue weighted by Crippen LogP contribution is -2.48. The molecule has 3 heterocycles. The number of anilines is 2. The summed E-state index contributed by atoms with van der Waals surface area (Å²) in [7, 11) is -3.56. The molecule has 0 spiro atoms. The number of ether oxygens (including phenoxy) is 1. The molecule has 2 fully saturated rings. The third-order valence-corrected chi connectivity index (χ3v) is 7.89. The Labute approximate surface area is 182 Å². The third-order valence-electron chi connectivity index (χ3n) is 5.93. The number of hydrogen-bond acceptors (Lipinski definition) is 7. The lowest BCUT2D eigenvalue weighted by molar-refractivity contribution is 0.122. The van der Waals surface area contributed by atoms with Crippen molar-refractivity contribution in [2.75, 3.05) is 62.3 Å². The number of sulfonamides is 1. The maximum absolute atomic E-state index is 13.4. The van der Waals surface area contributed by atoms with Crippen LogP contribution in [-0.2, 0) is 14.8 Å². The Balaban J connectivity index is 1.32. The molecular weight excluding hydrogens is 414 g/mol. The predicted octanol–water partition coefficient (Wildman–Crippen LogP) is 1.98. The molecule has 5 rings (SSSR count). The second-order valence-corrected chi connectivity index (χ2v) is 9.65. The van der Waals surface area contributed by atoms with E-state index in [0.717, 1.165) is 35.4 Å². The zero-order chi connectivity index (χ0) is 21.3. The molecule has 2 aliphatic heterocycles. The zero-order valence-corrected chi connectivity index (χ0v) is 18.0. The van der Waals surface area contributed by atoms with Gasteiger partial charge in [0.2, 0.25) is 10.0 Å². The molecule has 0 bridgehead atoms. The molecule has 2 saturated heterocycles. The average molecular weight is 440 g/mol. The number of benzene rings is 2. The molecule has 0 saturated carbocycles. The van der Waals surface area contributed by atoms with Crippen molar-refractivity contribution < 1.29 is 13.2 Å². The van der Waals surface area contributed by atoms with Gasteiger partial charge in [-0.2, -0.15) is 9.40 Å². The van der Waals surface area contributed by atoms with E-state index < -0.39 is 10.0 Å². The largest absolute Gasteiger partial charge is 0.378 e. The smallest absolute Gasteiger partial charge is 0.243 e. The summed E-state index contributed by atoms with van der Waals surface area (Å²) in [5.74, 6) is 0.839. The van der Waals surface area contributed by atoms with Crippen molar-refractivity contribution in [2.45, 2.75) is 4.90 Å². The van der Waals surface area contributed by atoms with Gasteiger partial charge in [-0.3, -0.25) is 0 Å². The van der Waals surface area contributed by atoms with Crippen molar-refractivity contribution in [1.82, 2.24) is 14.5 Å². The van der Waals surface area contributed by atoms with Crippen LogP contribution in [0.5, 0.6) is 0 Å². The van der Waals surface area contributed by atoms with Crippen LogP contribution in [0.15, 0.2) is 59.6 Å². The van der Waals surface area contributed by atoms with Gasteiger partial charge in [0.05, 0.1) is 30.0 Å². The molecule has 0 aliphatic carbocycles. The quantitative estimate of drug-likeness (QED) is 0.615. The molecule has 0 amide bonds. The Morgan fingerprint density at radius 2 is 1.58 bits per heavy atom. The average Bonchev–Trinajstić information content (AvgIpc) is 2.84. The van der Waals surface area contributed by atoms with E-state index in [4.69, 9.17) is 4.74 Å². The standard InChI is InChI=1S/C22H25N5O3S/c28-31(29,21-7-3-5-18-4-1-2-6-20(18)21)27-10-8-25(9-11-27)19-16-22(24-23-17-19)26-12-14-30-15-13-26/h1-7,16-17H,8-15H2. The van der Waals surface area contributed by atoms with Gasteiger partial charge in [-0.1, -0.05) is 36.4 Å². The normalized spacial score (nSPS) is 18.5. The van der Waals surface area contributed by atoms with E-state index in [1.165, 1.54) is 0 Å². The van der Waals surface area contributed by atoms with Crippen LogP contribution in [0.1, 0.15) is 0 Å². The van der Waals surface area contributed by atoms with Gasteiger partial charge in [0, 0.05) is 50.7 Å². The molecule has 2 aliphatic rings. The van der Waals surface area contributed by atoms with Crippen LogP contribution in [0.4, 0.5) is 11.5 Å². The molecule has 31 heavy (non-hydrogen) atoms. The molecule has 1 aromatic heterocycles. The number of nitrogens with zero attached hydrogens (tertiary/aromatic N) is 5. The minimum Gasteiger partial charge on any atom is -0.378 e. The summed E-state index contributed by atoms with van der Waals surface area (Å²) >= 11 is 0. The number of hydrogen-bond donors (Lipinski definition) is 0. The molecule has 2 aromatic carbocycles. The molecular formula is C22H25N5O3S. The van der Waals surface area contributed by atoms with Gasteiger partial charge >= 0.3 is 0 Å². The highest BCUT2D eigenvalue weighted by Crippen LogP contribution is 2.27. The molecule has 0 unspecified atom stereocenters. The number of piperazine rings is 1. The van der Waals surface area contributed by atoms with Crippen molar-refractivity contribution in [3.63, 3.8) is 0 Å². The topological polar surface area (TPSA) is 78.9 Å². The predicted molar refractivity (Wildman–Crippen MR) is 120 cm³/mol. The fraction of sp³-hybridized carbons (Fsp3) is 0.364. The van der Waals surface area contributed by atoms with Gasteiger partial charge in [0.25, 0.3) is 0 Å².